The van der Waals surface area contributed by atoms with E-state index in [0.29, 0.717) is 17.3 Å². The van der Waals surface area contributed by atoms with Gasteiger partial charge in [-0.15, -0.1) is 11.3 Å². The van der Waals surface area contributed by atoms with Crippen LogP contribution in [-0.4, -0.2) is 40.2 Å². The number of carboxylic acids is 1. The highest BCUT2D eigenvalue weighted by molar-refractivity contribution is 7.13. The van der Waals surface area contributed by atoms with Crippen LogP contribution in [-0.2, 0) is 20.7 Å². The predicted octanol–water partition coefficient (Wildman–Crippen LogP) is 3.78. The molecule has 150 valence electrons. The van der Waals surface area contributed by atoms with Crippen molar-refractivity contribution >= 4 is 34.8 Å². The third-order valence-electron chi connectivity index (χ3n) is 5.48. The molecule has 1 saturated carbocycles. The molecule has 0 saturated heterocycles. The maximum absolute atomic E-state index is 12.6. The first-order chi connectivity index (χ1) is 13.2. The molecule has 0 radical (unpaired) electrons. The molecule has 28 heavy (non-hydrogen) atoms. The topological polar surface area (TPSA) is 88.5 Å². The number of rotatable bonds is 7. The summed E-state index contributed by atoms with van der Waals surface area (Å²) in [6, 6.07) is 7.37. The highest BCUT2D eigenvalue weighted by atomic mass is 35.5. The van der Waals surface area contributed by atoms with Crippen molar-refractivity contribution in [1.82, 2.24) is 10.3 Å². The first-order valence-electron chi connectivity index (χ1n) is 9.06. The number of nitrogens with one attached hydrogen (secondary N) is 1. The van der Waals surface area contributed by atoms with Gasteiger partial charge in [-0.1, -0.05) is 43.6 Å². The Balaban J connectivity index is 1.72. The SMILES string of the molecule is CCOC1CC(NC(=O)Cc2csc(-c3ccccc3Cl)n2)(C(=O)O)C1(C)C. The van der Waals surface area contributed by atoms with E-state index in [2.05, 4.69) is 10.3 Å². The van der Waals surface area contributed by atoms with E-state index >= 15 is 0 Å². The van der Waals surface area contributed by atoms with Gasteiger partial charge in [0.25, 0.3) is 0 Å². The highest BCUT2D eigenvalue weighted by Crippen LogP contribution is 2.51. The summed E-state index contributed by atoms with van der Waals surface area (Å²) in [6.07, 6.45) is 0.0439. The van der Waals surface area contributed by atoms with Gasteiger partial charge in [-0.3, -0.25) is 4.79 Å². The number of carbonyl (C=O) groups excluding carboxylic acids is 1. The molecule has 0 spiro atoms. The van der Waals surface area contributed by atoms with Gasteiger partial charge in [0.1, 0.15) is 10.5 Å². The van der Waals surface area contributed by atoms with Gasteiger partial charge in [-0.05, 0) is 13.0 Å². The summed E-state index contributed by atoms with van der Waals surface area (Å²) >= 11 is 7.60. The minimum absolute atomic E-state index is 0.00532. The van der Waals surface area contributed by atoms with E-state index in [1.165, 1.54) is 11.3 Å². The molecule has 1 aromatic carbocycles. The van der Waals surface area contributed by atoms with Crippen LogP contribution in [0.4, 0.5) is 0 Å². The van der Waals surface area contributed by atoms with E-state index < -0.39 is 16.9 Å². The molecule has 2 N–H and O–H groups in total. The lowest BCUT2D eigenvalue weighted by Crippen LogP contribution is -2.76. The van der Waals surface area contributed by atoms with Crippen LogP contribution in [0.1, 0.15) is 32.9 Å². The van der Waals surface area contributed by atoms with Gasteiger partial charge in [-0.25, -0.2) is 9.78 Å². The van der Waals surface area contributed by atoms with Crippen LogP contribution in [0, 0.1) is 5.41 Å². The number of aliphatic carboxylic acids is 1. The summed E-state index contributed by atoms with van der Waals surface area (Å²) in [5.74, 6) is -1.42. The Kier molecular flexibility index (Phi) is 5.79. The van der Waals surface area contributed by atoms with E-state index in [-0.39, 0.29) is 24.9 Å². The van der Waals surface area contributed by atoms with E-state index in [0.717, 1.165) is 10.6 Å². The molecule has 1 amide bonds. The molecule has 1 heterocycles. The van der Waals surface area contributed by atoms with Crippen molar-refractivity contribution in [3.63, 3.8) is 0 Å². The molecule has 3 rings (SSSR count). The lowest BCUT2D eigenvalue weighted by atomic mass is 9.54. The number of nitrogens with zero attached hydrogens (tertiary/aromatic N) is 1. The summed E-state index contributed by atoms with van der Waals surface area (Å²) < 4.78 is 5.62. The first kappa shape index (κ1) is 20.8. The average Bonchev–Trinajstić information content (AvgIpc) is 3.08. The summed E-state index contributed by atoms with van der Waals surface area (Å²) in [6.45, 7) is 5.99. The number of aromatic nitrogens is 1. The molecular weight excluding hydrogens is 400 g/mol. The van der Waals surface area contributed by atoms with Crippen LogP contribution >= 0.6 is 22.9 Å². The maximum Gasteiger partial charge on any atom is 0.330 e. The zero-order valence-electron chi connectivity index (χ0n) is 16.0. The van der Waals surface area contributed by atoms with Gasteiger partial charge in [0.2, 0.25) is 5.91 Å². The quantitative estimate of drug-likeness (QED) is 0.708. The van der Waals surface area contributed by atoms with Crippen LogP contribution in [0.25, 0.3) is 10.6 Å². The van der Waals surface area contributed by atoms with Crippen LogP contribution in [0.5, 0.6) is 0 Å². The first-order valence-corrected chi connectivity index (χ1v) is 10.3. The van der Waals surface area contributed by atoms with Gasteiger partial charge >= 0.3 is 5.97 Å². The Morgan fingerprint density at radius 1 is 1.39 bits per heavy atom. The normalized spacial score (nSPS) is 23.1. The molecule has 8 heteroatoms. The third-order valence-corrected chi connectivity index (χ3v) is 6.73. The van der Waals surface area contributed by atoms with E-state index in [4.69, 9.17) is 16.3 Å². The molecule has 1 fully saturated rings. The maximum atomic E-state index is 12.6. The fourth-order valence-electron chi connectivity index (χ4n) is 3.63. The molecule has 1 aromatic heterocycles. The standard InChI is InChI=1S/C20H23ClN2O4S/c1-4-27-15-10-20(18(25)26,19(15,2)3)23-16(24)9-12-11-28-17(22-12)13-7-5-6-8-14(13)21/h5-8,11,15H,4,9-10H2,1-3H3,(H,23,24)(H,25,26). The second-order valence-corrected chi connectivity index (χ2v) is 8.69. The Morgan fingerprint density at radius 3 is 2.71 bits per heavy atom. The fourth-order valence-corrected chi connectivity index (χ4v) is 4.77. The molecule has 6 nitrogen and oxygen atoms in total. The summed E-state index contributed by atoms with van der Waals surface area (Å²) in [4.78, 5) is 29.1. The van der Waals surface area contributed by atoms with E-state index in [9.17, 15) is 14.7 Å². The highest BCUT2D eigenvalue weighted by Gasteiger charge is 2.66. The number of hydrogen-bond donors (Lipinski definition) is 2. The Hall–Kier alpha value is -1.96. The second kappa shape index (κ2) is 7.81. The van der Waals surface area contributed by atoms with Gasteiger partial charge in [0.15, 0.2) is 0 Å². The van der Waals surface area contributed by atoms with E-state index in [1.54, 1.807) is 11.4 Å². The molecule has 1 aliphatic carbocycles. The van der Waals surface area contributed by atoms with Crippen molar-refractivity contribution in [2.45, 2.75) is 45.3 Å². The average molecular weight is 423 g/mol. The van der Waals surface area contributed by atoms with Crippen molar-refractivity contribution in [3.05, 3.63) is 40.4 Å². The van der Waals surface area contributed by atoms with Crippen LogP contribution in [0.3, 0.4) is 0 Å². The number of halogens is 1. The lowest BCUT2D eigenvalue weighted by molar-refractivity contribution is -0.194. The van der Waals surface area contributed by atoms with Gasteiger partial charge in [0.05, 0.1) is 23.2 Å². The van der Waals surface area contributed by atoms with Crippen LogP contribution in [0.2, 0.25) is 5.02 Å². The van der Waals surface area contributed by atoms with Crippen molar-refractivity contribution < 1.29 is 19.4 Å². The number of amides is 1. The molecular formula is C20H23ClN2O4S. The van der Waals surface area contributed by atoms with Gasteiger partial charge in [-0.2, -0.15) is 0 Å². The van der Waals surface area contributed by atoms with Gasteiger partial charge < -0.3 is 15.2 Å². The van der Waals surface area contributed by atoms with Gasteiger partial charge in [0, 0.05) is 29.4 Å². The van der Waals surface area contributed by atoms with Crippen LogP contribution < -0.4 is 5.32 Å². The summed E-state index contributed by atoms with van der Waals surface area (Å²) in [7, 11) is 0. The Labute approximate surface area is 172 Å². The predicted molar refractivity (Wildman–Crippen MR) is 109 cm³/mol. The molecule has 1 aliphatic rings. The Bertz CT molecular complexity index is 898. The molecule has 0 aliphatic heterocycles. The lowest BCUT2D eigenvalue weighted by Gasteiger charge is -2.58. The van der Waals surface area contributed by atoms with E-state index in [1.807, 2.05) is 39.0 Å². The number of ether oxygens (including phenoxy) is 1. The molecule has 2 atom stereocenters. The van der Waals surface area contributed by atoms with Crippen molar-refractivity contribution in [1.29, 1.82) is 0 Å². The van der Waals surface area contributed by atoms with Crippen LogP contribution in [0.15, 0.2) is 29.6 Å². The second-order valence-electron chi connectivity index (χ2n) is 7.43. The zero-order valence-corrected chi connectivity index (χ0v) is 17.6. The minimum atomic E-state index is -1.34. The number of benzene rings is 1. The fraction of sp³-hybridized carbons (Fsp3) is 0.450. The van der Waals surface area contributed by atoms with Crippen molar-refractivity contribution in [2.75, 3.05) is 6.61 Å². The molecule has 2 unspecified atom stereocenters. The molecule has 0 bridgehead atoms. The van der Waals surface area contributed by atoms with Crippen molar-refractivity contribution in [2.24, 2.45) is 5.41 Å². The summed E-state index contributed by atoms with van der Waals surface area (Å²) in [5, 5.41) is 15.7. The molecule has 2 aromatic rings. The number of carbonyl (C=O) groups is 2. The number of hydrogen-bond acceptors (Lipinski definition) is 5. The monoisotopic (exact) mass is 422 g/mol. The largest absolute Gasteiger partial charge is 0.479 e. The Morgan fingerprint density at radius 2 is 2.11 bits per heavy atom. The zero-order chi connectivity index (χ0) is 20.5. The summed E-state index contributed by atoms with van der Waals surface area (Å²) in [5.41, 5.74) is -0.667. The number of thiazole rings is 1. The van der Waals surface area contributed by atoms with Crippen molar-refractivity contribution in [3.8, 4) is 10.6 Å². The minimum Gasteiger partial charge on any atom is -0.479 e. The smallest absolute Gasteiger partial charge is 0.330 e. The third kappa shape index (κ3) is 3.54. The number of carboxylic acid groups (broad SMARTS) is 1.